The number of nitrogens with zero attached hydrogens (tertiary/aromatic N) is 1. The summed E-state index contributed by atoms with van der Waals surface area (Å²) in [5.41, 5.74) is 4.95. The van der Waals surface area contributed by atoms with E-state index in [0.29, 0.717) is 12.2 Å². The number of nitrogen functional groups attached to an aromatic ring is 1. The number of anilines is 1. The average Bonchev–Trinajstić information content (AvgIpc) is 2.91. The van der Waals surface area contributed by atoms with Crippen LogP contribution in [0.4, 0.5) is 11.4 Å². The number of hydrogen-bond acceptors (Lipinski definition) is 6. The van der Waals surface area contributed by atoms with Gasteiger partial charge in [0.2, 0.25) is 10.0 Å². The van der Waals surface area contributed by atoms with Crippen LogP contribution in [0.1, 0.15) is 5.76 Å². The quantitative estimate of drug-likeness (QED) is 0.470. The van der Waals surface area contributed by atoms with Crippen LogP contribution >= 0.6 is 0 Å². The molecule has 1 aromatic heterocycles. The van der Waals surface area contributed by atoms with Crippen LogP contribution in [-0.2, 0) is 16.4 Å². The van der Waals surface area contributed by atoms with E-state index in [1.807, 2.05) is 0 Å². The van der Waals surface area contributed by atoms with Crippen LogP contribution in [0.5, 0.6) is 0 Å². The van der Waals surface area contributed by atoms with Crippen LogP contribution in [0.25, 0.3) is 0 Å². The standard InChI is InChI=1S/C12H13N3O5S/c13-11-8-10(3-4-12(11)15(16)17)21(18,19)14-6-5-9-2-1-7-20-9/h1-4,7-8,14H,5-6,13H2. The number of nitro benzene ring substituents is 1. The van der Waals surface area contributed by atoms with Crippen LogP contribution in [0.15, 0.2) is 45.9 Å². The Balaban J connectivity index is 2.08. The molecule has 0 aliphatic rings. The zero-order valence-corrected chi connectivity index (χ0v) is 11.7. The molecule has 0 saturated carbocycles. The zero-order chi connectivity index (χ0) is 15.5. The fraction of sp³-hybridized carbons (Fsp3) is 0.167. The highest BCUT2D eigenvalue weighted by Gasteiger charge is 2.18. The van der Waals surface area contributed by atoms with E-state index in [-0.39, 0.29) is 22.8 Å². The van der Waals surface area contributed by atoms with Crippen LogP contribution < -0.4 is 10.5 Å². The highest BCUT2D eigenvalue weighted by molar-refractivity contribution is 7.89. The maximum absolute atomic E-state index is 12.0. The zero-order valence-electron chi connectivity index (χ0n) is 10.9. The number of sulfonamides is 1. The Morgan fingerprint density at radius 3 is 2.67 bits per heavy atom. The summed E-state index contributed by atoms with van der Waals surface area (Å²) in [7, 11) is -3.77. The minimum atomic E-state index is -3.77. The Hall–Kier alpha value is -2.39. The molecule has 0 atom stereocenters. The molecule has 8 nitrogen and oxygen atoms in total. The number of nitrogens with two attached hydrogens (primary N) is 1. The molecule has 0 spiro atoms. The second-order valence-electron chi connectivity index (χ2n) is 4.20. The molecule has 112 valence electrons. The monoisotopic (exact) mass is 311 g/mol. The van der Waals surface area contributed by atoms with Gasteiger partial charge in [-0.3, -0.25) is 10.1 Å². The highest BCUT2D eigenvalue weighted by atomic mass is 32.2. The molecule has 1 heterocycles. The molecule has 0 amide bonds. The van der Waals surface area contributed by atoms with E-state index in [9.17, 15) is 18.5 Å². The van der Waals surface area contributed by atoms with Crippen molar-refractivity contribution in [2.75, 3.05) is 12.3 Å². The Labute approximate surface area is 120 Å². The lowest BCUT2D eigenvalue weighted by atomic mass is 10.3. The van der Waals surface area contributed by atoms with E-state index >= 15 is 0 Å². The maximum Gasteiger partial charge on any atom is 0.292 e. The van der Waals surface area contributed by atoms with Crippen molar-refractivity contribution >= 4 is 21.4 Å². The van der Waals surface area contributed by atoms with Crippen LogP contribution in [0.3, 0.4) is 0 Å². The van der Waals surface area contributed by atoms with Gasteiger partial charge < -0.3 is 10.2 Å². The number of benzene rings is 1. The summed E-state index contributed by atoms with van der Waals surface area (Å²) in [6, 6.07) is 6.71. The normalized spacial score (nSPS) is 11.4. The predicted octanol–water partition coefficient (Wildman–Crippen LogP) is 1.29. The van der Waals surface area contributed by atoms with Gasteiger partial charge in [-0.15, -0.1) is 0 Å². The lowest BCUT2D eigenvalue weighted by molar-refractivity contribution is -0.383. The molecule has 0 bridgehead atoms. The second kappa shape index (κ2) is 5.94. The summed E-state index contributed by atoms with van der Waals surface area (Å²) in [5, 5.41) is 10.6. The first-order valence-corrected chi connectivity index (χ1v) is 7.44. The first kappa shape index (κ1) is 15.0. The van der Waals surface area contributed by atoms with Crippen molar-refractivity contribution < 1.29 is 17.8 Å². The average molecular weight is 311 g/mol. The third-order valence-corrected chi connectivity index (χ3v) is 4.21. The van der Waals surface area contributed by atoms with Gasteiger partial charge in [-0.05, 0) is 24.3 Å². The molecule has 0 saturated heterocycles. The largest absolute Gasteiger partial charge is 0.469 e. The van der Waals surface area contributed by atoms with E-state index < -0.39 is 14.9 Å². The second-order valence-corrected chi connectivity index (χ2v) is 5.97. The molecule has 21 heavy (non-hydrogen) atoms. The molecule has 3 N–H and O–H groups in total. The summed E-state index contributed by atoms with van der Waals surface area (Å²) in [4.78, 5) is 9.85. The Bertz CT molecular complexity index is 740. The van der Waals surface area contributed by atoms with Crippen LogP contribution in [0, 0.1) is 10.1 Å². The summed E-state index contributed by atoms with van der Waals surface area (Å²) < 4.78 is 31.5. The van der Waals surface area contributed by atoms with E-state index in [2.05, 4.69) is 4.72 Å². The summed E-state index contributed by atoms with van der Waals surface area (Å²) >= 11 is 0. The maximum atomic E-state index is 12.0. The number of furan rings is 1. The molecule has 2 aromatic rings. The van der Waals surface area contributed by atoms with Crippen LogP contribution in [-0.4, -0.2) is 19.9 Å². The topological polar surface area (TPSA) is 128 Å². The van der Waals surface area contributed by atoms with Crippen molar-refractivity contribution in [1.82, 2.24) is 4.72 Å². The van der Waals surface area contributed by atoms with Gasteiger partial charge in [-0.2, -0.15) is 0 Å². The van der Waals surface area contributed by atoms with E-state index in [1.165, 1.54) is 6.26 Å². The van der Waals surface area contributed by atoms with Gasteiger partial charge in [0.05, 0.1) is 16.1 Å². The molecule has 0 aliphatic heterocycles. The van der Waals surface area contributed by atoms with Crippen molar-refractivity contribution in [1.29, 1.82) is 0 Å². The molecule has 1 aromatic carbocycles. The van der Waals surface area contributed by atoms with Gasteiger partial charge in [-0.25, -0.2) is 13.1 Å². The molecule has 9 heteroatoms. The molecule has 2 rings (SSSR count). The van der Waals surface area contributed by atoms with Gasteiger partial charge in [0, 0.05) is 19.0 Å². The summed E-state index contributed by atoms with van der Waals surface area (Å²) in [5.74, 6) is 0.654. The number of rotatable bonds is 6. The van der Waals surface area contributed by atoms with Gasteiger partial charge in [0.15, 0.2) is 0 Å². The number of nitro groups is 1. The predicted molar refractivity (Wildman–Crippen MR) is 75.1 cm³/mol. The van der Waals surface area contributed by atoms with Crippen molar-refractivity contribution in [3.63, 3.8) is 0 Å². The Morgan fingerprint density at radius 2 is 2.10 bits per heavy atom. The minimum absolute atomic E-state index is 0.120. The van der Waals surface area contributed by atoms with Gasteiger partial charge in [0.25, 0.3) is 5.69 Å². The smallest absolute Gasteiger partial charge is 0.292 e. The highest BCUT2D eigenvalue weighted by Crippen LogP contribution is 2.24. The van der Waals surface area contributed by atoms with E-state index in [0.717, 1.165) is 18.2 Å². The first-order chi connectivity index (χ1) is 9.90. The lowest BCUT2D eigenvalue weighted by Crippen LogP contribution is -2.26. The van der Waals surface area contributed by atoms with Gasteiger partial charge >= 0.3 is 0 Å². The minimum Gasteiger partial charge on any atom is -0.469 e. The van der Waals surface area contributed by atoms with E-state index in [4.69, 9.17) is 10.2 Å². The molecule has 0 aliphatic carbocycles. The fourth-order valence-corrected chi connectivity index (χ4v) is 2.78. The third-order valence-electron chi connectivity index (χ3n) is 2.75. The van der Waals surface area contributed by atoms with Crippen molar-refractivity contribution in [2.24, 2.45) is 0 Å². The molecular formula is C12H13N3O5S. The Kier molecular flexibility index (Phi) is 4.24. The van der Waals surface area contributed by atoms with Crippen molar-refractivity contribution in [2.45, 2.75) is 11.3 Å². The van der Waals surface area contributed by atoms with Gasteiger partial charge in [-0.1, -0.05) is 0 Å². The number of nitrogens with one attached hydrogen (secondary N) is 1. The van der Waals surface area contributed by atoms with Crippen molar-refractivity contribution in [3.05, 3.63) is 52.5 Å². The lowest BCUT2D eigenvalue weighted by Gasteiger charge is -2.07. The fourth-order valence-electron chi connectivity index (χ4n) is 1.71. The SMILES string of the molecule is Nc1cc(S(=O)(=O)NCCc2ccco2)ccc1[N+](=O)[O-]. The first-order valence-electron chi connectivity index (χ1n) is 5.96. The van der Waals surface area contributed by atoms with Gasteiger partial charge in [0.1, 0.15) is 11.4 Å². The van der Waals surface area contributed by atoms with E-state index in [1.54, 1.807) is 12.1 Å². The molecule has 0 fully saturated rings. The molecular weight excluding hydrogens is 298 g/mol. The van der Waals surface area contributed by atoms with Crippen LogP contribution in [0.2, 0.25) is 0 Å². The molecule has 0 radical (unpaired) electrons. The summed E-state index contributed by atoms with van der Waals surface area (Å²) in [6.45, 7) is 0.146. The van der Waals surface area contributed by atoms with Crippen molar-refractivity contribution in [3.8, 4) is 0 Å². The third kappa shape index (κ3) is 3.58. The summed E-state index contributed by atoms with van der Waals surface area (Å²) in [6.07, 6.45) is 1.90. The Morgan fingerprint density at radius 1 is 1.33 bits per heavy atom. The molecule has 0 unspecified atom stereocenters. The number of hydrogen-bond donors (Lipinski definition) is 2.